The summed E-state index contributed by atoms with van der Waals surface area (Å²) in [6, 6.07) is 4.09. The van der Waals surface area contributed by atoms with Gasteiger partial charge >= 0.3 is 6.18 Å². The van der Waals surface area contributed by atoms with Gasteiger partial charge in [0.15, 0.2) is 11.7 Å². The van der Waals surface area contributed by atoms with Crippen LogP contribution in [-0.2, 0) is 12.8 Å². The Bertz CT molecular complexity index is 1220. The number of halogens is 3. The summed E-state index contributed by atoms with van der Waals surface area (Å²) in [6.45, 7) is 0. The SMILES string of the molecule is N#Cc1c(NC(=O)c2cc3n(n2)[C@@H](C(F)(F)F)C[C@@H](c2ccco2)N3)sc2c1CCCCC2. The Balaban J connectivity index is 1.44. The molecule has 1 aliphatic carbocycles. The second kappa shape index (κ2) is 8.26. The number of alkyl halides is 3. The number of fused-ring (bicyclic) bond motifs is 2. The Morgan fingerprint density at radius 1 is 1.33 bits per heavy atom. The molecule has 33 heavy (non-hydrogen) atoms. The minimum Gasteiger partial charge on any atom is -0.467 e. The first kappa shape index (κ1) is 21.6. The summed E-state index contributed by atoms with van der Waals surface area (Å²) in [4.78, 5) is 14.0. The molecule has 3 aromatic rings. The molecule has 5 rings (SSSR count). The fourth-order valence-electron chi connectivity index (χ4n) is 4.48. The molecule has 0 saturated carbocycles. The quantitative estimate of drug-likeness (QED) is 0.482. The van der Waals surface area contributed by atoms with E-state index in [2.05, 4.69) is 21.8 Å². The van der Waals surface area contributed by atoms with Crippen molar-refractivity contribution in [2.75, 3.05) is 10.6 Å². The van der Waals surface area contributed by atoms with E-state index in [-0.39, 0.29) is 17.9 Å². The van der Waals surface area contributed by atoms with Gasteiger partial charge in [-0.25, -0.2) is 4.68 Å². The van der Waals surface area contributed by atoms with E-state index in [0.717, 1.165) is 47.2 Å². The average Bonchev–Trinajstić information content (AvgIpc) is 3.48. The van der Waals surface area contributed by atoms with Crippen LogP contribution in [0.1, 0.15) is 70.0 Å². The molecule has 0 bridgehead atoms. The van der Waals surface area contributed by atoms with E-state index in [4.69, 9.17) is 4.42 Å². The predicted octanol–water partition coefficient (Wildman–Crippen LogP) is 5.59. The molecule has 2 atom stereocenters. The Kier molecular flexibility index (Phi) is 5.40. The van der Waals surface area contributed by atoms with Crippen molar-refractivity contribution in [1.82, 2.24) is 9.78 Å². The zero-order valence-electron chi connectivity index (χ0n) is 17.4. The lowest BCUT2D eigenvalue weighted by Crippen LogP contribution is -2.35. The Labute approximate surface area is 191 Å². The van der Waals surface area contributed by atoms with Crippen LogP contribution in [0.2, 0.25) is 0 Å². The van der Waals surface area contributed by atoms with Crippen LogP contribution in [0.15, 0.2) is 28.9 Å². The standard InChI is InChI=1S/C22H20F3N5O2S/c23-22(24,25)18-9-14(16-6-4-8-32-16)27-19-10-15(29-30(18)19)20(31)28-21-13(11-26)12-5-2-1-3-7-17(12)33-21/h4,6,8,10,14,18,27H,1-3,5,7,9H2,(H,28,31)/t14-,18+/m0/s1. The van der Waals surface area contributed by atoms with Crippen molar-refractivity contribution < 1.29 is 22.4 Å². The van der Waals surface area contributed by atoms with Crippen LogP contribution in [0.25, 0.3) is 0 Å². The molecule has 3 aromatic heterocycles. The highest BCUT2D eigenvalue weighted by Crippen LogP contribution is 2.44. The molecule has 0 aromatic carbocycles. The van der Waals surface area contributed by atoms with Gasteiger partial charge in [-0.3, -0.25) is 4.79 Å². The lowest BCUT2D eigenvalue weighted by atomic mass is 10.0. The van der Waals surface area contributed by atoms with Crippen LogP contribution in [-0.4, -0.2) is 21.9 Å². The highest BCUT2D eigenvalue weighted by atomic mass is 32.1. The summed E-state index contributed by atoms with van der Waals surface area (Å²) in [6.07, 6.45) is 1.29. The van der Waals surface area contributed by atoms with Gasteiger partial charge < -0.3 is 15.1 Å². The van der Waals surface area contributed by atoms with Crippen LogP contribution < -0.4 is 10.6 Å². The van der Waals surface area contributed by atoms with Crippen molar-refractivity contribution in [3.63, 3.8) is 0 Å². The van der Waals surface area contributed by atoms with Crippen molar-refractivity contribution in [1.29, 1.82) is 5.26 Å². The van der Waals surface area contributed by atoms with Gasteiger partial charge in [0.2, 0.25) is 0 Å². The topological polar surface area (TPSA) is 95.9 Å². The summed E-state index contributed by atoms with van der Waals surface area (Å²) in [5.74, 6) is -0.193. The van der Waals surface area contributed by atoms with E-state index < -0.39 is 24.2 Å². The zero-order chi connectivity index (χ0) is 23.2. The van der Waals surface area contributed by atoms with Gasteiger partial charge in [-0.1, -0.05) is 6.42 Å². The van der Waals surface area contributed by atoms with E-state index >= 15 is 0 Å². The number of carbonyl (C=O) groups is 1. The number of furan rings is 1. The second-order valence-corrected chi connectivity index (χ2v) is 9.30. The summed E-state index contributed by atoms with van der Waals surface area (Å²) >= 11 is 1.36. The van der Waals surface area contributed by atoms with Crippen molar-refractivity contribution in [3.8, 4) is 6.07 Å². The number of nitriles is 1. The molecule has 0 radical (unpaired) electrons. The molecule has 11 heteroatoms. The zero-order valence-corrected chi connectivity index (χ0v) is 18.2. The third-order valence-electron chi connectivity index (χ3n) is 6.07. The number of hydrogen-bond acceptors (Lipinski definition) is 6. The molecular formula is C22H20F3N5O2S. The molecule has 1 amide bonds. The van der Waals surface area contributed by atoms with E-state index in [9.17, 15) is 23.2 Å². The monoisotopic (exact) mass is 475 g/mol. The van der Waals surface area contributed by atoms with Crippen molar-refractivity contribution in [3.05, 3.63) is 51.9 Å². The molecule has 0 spiro atoms. The van der Waals surface area contributed by atoms with Gasteiger partial charge in [0.25, 0.3) is 5.91 Å². The number of aryl methyl sites for hydroxylation is 1. The third kappa shape index (κ3) is 3.99. The molecule has 0 fully saturated rings. The van der Waals surface area contributed by atoms with Crippen molar-refractivity contribution in [2.45, 2.75) is 56.8 Å². The number of thiophene rings is 1. The van der Waals surface area contributed by atoms with Gasteiger partial charge in [-0.05, 0) is 43.4 Å². The number of aromatic nitrogens is 2. The maximum atomic E-state index is 13.8. The minimum atomic E-state index is -4.55. The lowest BCUT2D eigenvalue weighted by Gasteiger charge is -2.32. The van der Waals surface area contributed by atoms with E-state index in [1.807, 2.05) is 0 Å². The number of anilines is 2. The van der Waals surface area contributed by atoms with Gasteiger partial charge in [0.05, 0.1) is 17.9 Å². The maximum Gasteiger partial charge on any atom is 0.410 e. The highest BCUT2D eigenvalue weighted by molar-refractivity contribution is 7.16. The molecule has 1 aliphatic heterocycles. The molecule has 2 aliphatic rings. The van der Waals surface area contributed by atoms with Crippen LogP contribution in [0.4, 0.5) is 24.0 Å². The van der Waals surface area contributed by atoms with E-state index in [0.29, 0.717) is 16.3 Å². The number of nitrogens with one attached hydrogen (secondary N) is 2. The van der Waals surface area contributed by atoms with Gasteiger partial charge in [0, 0.05) is 17.4 Å². The molecule has 172 valence electrons. The van der Waals surface area contributed by atoms with Crippen molar-refractivity contribution >= 4 is 28.1 Å². The molecule has 7 nitrogen and oxygen atoms in total. The van der Waals surface area contributed by atoms with E-state index in [1.165, 1.54) is 23.7 Å². The lowest BCUT2D eigenvalue weighted by molar-refractivity contribution is -0.174. The van der Waals surface area contributed by atoms with Gasteiger partial charge in [-0.15, -0.1) is 11.3 Å². The minimum absolute atomic E-state index is 0.0811. The number of carbonyl (C=O) groups excluding carboxylic acids is 1. The summed E-state index contributed by atoms with van der Waals surface area (Å²) < 4.78 is 47.5. The highest BCUT2D eigenvalue weighted by Gasteiger charge is 2.47. The van der Waals surface area contributed by atoms with Crippen LogP contribution in [0.5, 0.6) is 0 Å². The first-order valence-corrected chi connectivity index (χ1v) is 11.5. The molecule has 4 heterocycles. The van der Waals surface area contributed by atoms with Crippen LogP contribution >= 0.6 is 11.3 Å². The van der Waals surface area contributed by atoms with Gasteiger partial charge in [-0.2, -0.15) is 23.5 Å². The maximum absolute atomic E-state index is 13.8. The number of amides is 1. The summed E-state index contributed by atoms with van der Waals surface area (Å²) in [5, 5.41) is 19.8. The summed E-state index contributed by atoms with van der Waals surface area (Å²) in [7, 11) is 0. The molecule has 0 saturated heterocycles. The average molecular weight is 475 g/mol. The Morgan fingerprint density at radius 2 is 2.15 bits per heavy atom. The normalized spacial score (nSPS) is 20.2. The van der Waals surface area contributed by atoms with Crippen LogP contribution in [0, 0.1) is 11.3 Å². The smallest absolute Gasteiger partial charge is 0.410 e. The van der Waals surface area contributed by atoms with Crippen LogP contribution in [0.3, 0.4) is 0 Å². The predicted molar refractivity (Wildman–Crippen MR) is 115 cm³/mol. The Hall–Kier alpha value is -3.26. The van der Waals surface area contributed by atoms with Gasteiger partial charge in [0.1, 0.15) is 22.6 Å². The summed E-state index contributed by atoms with van der Waals surface area (Å²) in [5.41, 5.74) is 1.26. The Morgan fingerprint density at radius 3 is 2.88 bits per heavy atom. The van der Waals surface area contributed by atoms with Crippen molar-refractivity contribution in [2.24, 2.45) is 0 Å². The first-order valence-electron chi connectivity index (χ1n) is 10.7. The first-order chi connectivity index (χ1) is 15.8. The molecule has 0 unspecified atom stereocenters. The second-order valence-electron chi connectivity index (χ2n) is 8.20. The van der Waals surface area contributed by atoms with E-state index in [1.54, 1.807) is 12.1 Å². The fraction of sp³-hybridized carbons (Fsp3) is 0.409. The molecule has 2 N–H and O–H groups in total. The fourth-order valence-corrected chi connectivity index (χ4v) is 5.71. The largest absolute Gasteiger partial charge is 0.467 e. The third-order valence-corrected chi connectivity index (χ3v) is 7.28. The number of nitrogens with zero attached hydrogens (tertiary/aromatic N) is 3. The molecular weight excluding hydrogens is 455 g/mol. The number of hydrogen-bond donors (Lipinski definition) is 2. The number of rotatable bonds is 3.